The van der Waals surface area contributed by atoms with E-state index in [-0.39, 0.29) is 5.91 Å². The van der Waals surface area contributed by atoms with Crippen molar-refractivity contribution in [1.82, 2.24) is 4.90 Å². The van der Waals surface area contributed by atoms with Crippen molar-refractivity contribution in [2.45, 2.75) is 45.6 Å². The van der Waals surface area contributed by atoms with Crippen molar-refractivity contribution in [3.8, 4) is 11.8 Å². The van der Waals surface area contributed by atoms with Crippen LogP contribution in [-0.4, -0.2) is 29.9 Å². The molecular weight excluding hydrogens is 260 g/mol. The zero-order valence-electron chi connectivity index (χ0n) is 13.0. The van der Waals surface area contributed by atoms with Gasteiger partial charge in [0.15, 0.2) is 0 Å². The van der Waals surface area contributed by atoms with Crippen LogP contribution in [0.1, 0.15) is 54.1 Å². The zero-order chi connectivity index (χ0) is 15.2. The van der Waals surface area contributed by atoms with Gasteiger partial charge in [-0.3, -0.25) is 4.79 Å². The molecule has 3 nitrogen and oxygen atoms in total. The van der Waals surface area contributed by atoms with E-state index < -0.39 is 0 Å². The first-order chi connectivity index (χ1) is 10.2. The summed E-state index contributed by atoms with van der Waals surface area (Å²) in [7, 11) is 0. The van der Waals surface area contributed by atoms with Crippen LogP contribution in [0.3, 0.4) is 0 Å². The van der Waals surface area contributed by atoms with Crippen LogP contribution >= 0.6 is 0 Å². The molecule has 0 radical (unpaired) electrons. The Bertz CT molecular complexity index is 568. The lowest BCUT2D eigenvalue weighted by Gasteiger charge is -2.35. The Hall–Kier alpha value is -1.79. The van der Waals surface area contributed by atoms with E-state index in [0.29, 0.717) is 12.6 Å². The van der Waals surface area contributed by atoms with Crippen molar-refractivity contribution < 1.29 is 4.79 Å². The van der Waals surface area contributed by atoms with Gasteiger partial charge in [0, 0.05) is 18.2 Å². The molecule has 1 saturated heterocycles. The summed E-state index contributed by atoms with van der Waals surface area (Å²) in [6.07, 6.45) is 4.44. The number of rotatable bonds is 2. The van der Waals surface area contributed by atoms with Crippen LogP contribution in [0, 0.1) is 18.8 Å². The van der Waals surface area contributed by atoms with Gasteiger partial charge in [-0.05, 0) is 44.7 Å². The van der Waals surface area contributed by atoms with Crippen LogP contribution in [-0.2, 0) is 0 Å². The van der Waals surface area contributed by atoms with Gasteiger partial charge in [-0.1, -0.05) is 30.4 Å². The fraction of sp³-hybridized carbons (Fsp3) is 0.500. The maximum atomic E-state index is 12.9. The fourth-order valence-corrected chi connectivity index (χ4v) is 2.94. The standard InChI is InChI=1S/C18H24N2O/c1-3-16-8-4-5-12-20(16)18(21)17-13-14(2)9-10-15(17)7-6-11-19/h9-10,13,16H,3-5,8,11-12,19H2,1-2H3. The molecule has 0 aromatic heterocycles. The molecule has 0 aliphatic carbocycles. The Morgan fingerprint density at radius 1 is 1.43 bits per heavy atom. The molecule has 0 saturated carbocycles. The molecule has 1 aliphatic rings. The van der Waals surface area contributed by atoms with E-state index in [1.165, 1.54) is 6.42 Å². The summed E-state index contributed by atoms with van der Waals surface area (Å²) < 4.78 is 0. The first-order valence-electron chi connectivity index (χ1n) is 7.78. The Balaban J connectivity index is 2.35. The van der Waals surface area contributed by atoms with Crippen molar-refractivity contribution in [3.05, 3.63) is 34.9 Å². The minimum Gasteiger partial charge on any atom is -0.336 e. The molecule has 1 aliphatic heterocycles. The van der Waals surface area contributed by atoms with Crippen molar-refractivity contribution in [2.75, 3.05) is 13.1 Å². The molecule has 3 heteroatoms. The molecule has 0 spiro atoms. The number of nitrogens with two attached hydrogens (primary N) is 1. The van der Waals surface area contributed by atoms with E-state index in [2.05, 4.69) is 18.8 Å². The minimum absolute atomic E-state index is 0.117. The number of likely N-dealkylation sites (tertiary alicyclic amines) is 1. The van der Waals surface area contributed by atoms with Crippen LogP contribution < -0.4 is 5.73 Å². The third kappa shape index (κ3) is 3.65. The lowest BCUT2D eigenvalue weighted by atomic mass is 9.97. The van der Waals surface area contributed by atoms with Gasteiger partial charge in [0.25, 0.3) is 5.91 Å². The number of carbonyl (C=O) groups excluding carboxylic acids is 1. The first-order valence-corrected chi connectivity index (χ1v) is 7.78. The summed E-state index contributed by atoms with van der Waals surface area (Å²) in [5.41, 5.74) is 8.04. The van der Waals surface area contributed by atoms with Crippen LogP contribution in [0.2, 0.25) is 0 Å². The van der Waals surface area contributed by atoms with E-state index >= 15 is 0 Å². The molecule has 2 N–H and O–H groups in total. The Morgan fingerprint density at radius 2 is 2.24 bits per heavy atom. The van der Waals surface area contributed by atoms with Gasteiger partial charge in [0.2, 0.25) is 0 Å². The largest absolute Gasteiger partial charge is 0.336 e. The van der Waals surface area contributed by atoms with Crippen molar-refractivity contribution in [2.24, 2.45) is 5.73 Å². The monoisotopic (exact) mass is 284 g/mol. The van der Waals surface area contributed by atoms with Crippen LogP contribution in [0.25, 0.3) is 0 Å². The molecule has 0 bridgehead atoms. The second-order valence-electron chi connectivity index (χ2n) is 5.61. The lowest BCUT2D eigenvalue weighted by Crippen LogP contribution is -2.43. The number of nitrogens with zero attached hydrogens (tertiary/aromatic N) is 1. The van der Waals surface area contributed by atoms with Crippen LogP contribution in [0.15, 0.2) is 18.2 Å². The number of hydrogen-bond acceptors (Lipinski definition) is 2. The highest BCUT2D eigenvalue weighted by atomic mass is 16.2. The number of carbonyl (C=O) groups is 1. The van der Waals surface area contributed by atoms with E-state index in [4.69, 9.17) is 5.73 Å². The normalized spacial score (nSPS) is 18.0. The van der Waals surface area contributed by atoms with E-state index in [0.717, 1.165) is 42.5 Å². The Labute approximate surface area is 127 Å². The SMILES string of the molecule is CCC1CCCCN1C(=O)c1cc(C)ccc1C#CCN. The Morgan fingerprint density at radius 3 is 2.95 bits per heavy atom. The third-order valence-electron chi connectivity index (χ3n) is 4.09. The van der Waals surface area contributed by atoms with Gasteiger partial charge in [0.1, 0.15) is 0 Å². The molecule has 1 atom stereocenters. The van der Waals surface area contributed by atoms with Gasteiger partial charge in [-0.25, -0.2) is 0 Å². The summed E-state index contributed by atoms with van der Waals surface area (Å²) in [5, 5.41) is 0. The smallest absolute Gasteiger partial charge is 0.255 e. The molecule has 1 amide bonds. The third-order valence-corrected chi connectivity index (χ3v) is 4.09. The van der Waals surface area contributed by atoms with Crippen molar-refractivity contribution >= 4 is 5.91 Å². The molecule has 112 valence electrons. The predicted molar refractivity (Wildman–Crippen MR) is 86.1 cm³/mol. The number of aryl methyl sites for hydroxylation is 1. The number of piperidine rings is 1. The maximum Gasteiger partial charge on any atom is 0.255 e. The van der Waals surface area contributed by atoms with E-state index in [1.807, 2.05) is 30.0 Å². The summed E-state index contributed by atoms with van der Waals surface area (Å²) in [6.45, 7) is 5.32. The maximum absolute atomic E-state index is 12.9. The van der Waals surface area contributed by atoms with Crippen molar-refractivity contribution in [1.29, 1.82) is 0 Å². The van der Waals surface area contributed by atoms with Gasteiger partial charge < -0.3 is 10.6 Å². The van der Waals surface area contributed by atoms with Gasteiger partial charge in [0.05, 0.1) is 12.1 Å². The summed E-state index contributed by atoms with van der Waals surface area (Å²) in [4.78, 5) is 15.0. The highest BCUT2D eigenvalue weighted by Gasteiger charge is 2.27. The molecule has 1 aromatic rings. The molecule has 1 aromatic carbocycles. The summed E-state index contributed by atoms with van der Waals surface area (Å²) in [5.74, 6) is 6.00. The molecule has 1 heterocycles. The fourth-order valence-electron chi connectivity index (χ4n) is 2.94. The topological polar surface area (TPSA) is 46.3 Å². The van der Waals surface area contributed by atoms with E-state index in [9.17, 15) is 4.79 Å². The van der Waals surface area contributed by atoms with Crippen LogP contribution in [0.5, 0.6) is 0 Å². The van der Waals surface area contributed by atoms with Gasteiger partial charge >= 0.3 is 0 Å². The minimum atomic E-state index is 0.117. The van der Waals surface area contributed by atoms with Crippen molar-refractivity contribution in [3.63, 3.8) is 0 Å². The quantitative estimate of drug-likeness (QED) is 0.849. The number of hydrogen-bond donors (Lipinski definition) is 1. The summed E-state index contributed by atoms with van der Waals surface area (Å²) in [6, 6.07) is 6.23. The number of benzene rings is 1. The average molecular weight is 284 g/mol. The van der Waals surface area contributed by atoms with Crippen LogP contribution in [0.4, 0.5) is 0 Å². The molecule has 1 unspecified atom stereocenters. The number of amides is 1. The highest BCUT2D eigenvalue weighted by molar-refractivity contribution is 5.97. The predicted octanol–water partition coefficient (Wildman–Crippen LogP) is 2.71. The molecule has 1 fully saturated rings. The molecular formula is C18H24N2O. The van der Waals surface area contributed by atoms with Gasteiger partial charge in [-0.15, -0.1) is 0 Å². The molecule has 2 rings (SSSR count). The first kappa shape index (κ1) is 15.6. The van der Waals surface area contributed by atoms with Gasteiger partial charge in [-0.2, -0.15) is 0 Å². The zero-order valence-corrected chi connectivity index (χ0v) is 13.0. The Kier molecular flexibility index (Phi) is 5.41. The lowest BCUT2D eigenvalue weighted by molar-refractivity contribution is 0.0607. The average Bonchev–Trinajstić information content (AvgIpc) is 2.53. The van der Waals surface area contributed by atoms with E-state index in [1.54, 1.807) is 0 Å². The summed E-state index contributed by atoms with van der Waals surface area (Å²) >= 11 is 0. The second-order valence-corrected chi connectivity index (χ2v) is 5.61. The molecule has 21 heavy (non-hydrogen) atoms. The highest BCUT2D eigenvalue weighted by Crippen LogP contribution is 2.23. The second kappa shape index (κ2) is 7.28.